The maximum absolute atomic E-state index is 13.2. The second-order valence-corrected chi connectivity index (χ2v) is 6.53. The maximum atomic E-state index is 13.2. The molecule has 1 aliphatic heterocycles. The van der Waals surface area contributed by atoms with Crippen molar-refractivity contribution in [3.8, 4) is 0 Å². The standard InChI is InChI=1S/C22H20FNO5/c1-28-22(27)19-12-16-6-2-3-7-17(16)13-24(19)20(25)14-29-21(26)10-9-15-5-4-8-18(23)11-15/h2-11,19H,12-14H2,1H3/b10-9+/t19-/m0/s1. The molecule has 0 fully saturated rings. The average molecular weight is 397 g/mol. The highest BCUT2D eigenvalue weighted by atomic mass is 19.1. The van der Waals surface area contributed by atoms with Crippen LogP contribution >= 0.6 is 0 Å². The van der Waals surface area contributed by atoms with E-state index >= 15 is 0 Å². The summed E-state index contributed by atoms with van der Waals surface area (Å²) in [6.45, 7) is -0.284. The van der Waals surface area contributed by atoms with Crippen LogP contribution in [0.25, 0.3) is 6.08 Å². The highest BCUT2D eigenvalue weighted by molar-refractivity contribution is 5.90. The Bertz CT molecular complexity index is 956. The van der Waals surface area contributed by atoms with Gasteiger partial charge in [0.1, 0.15) is 11.9 Å². The lowest BCUT2D eigenvalue weighted by Gasteiger charge is -2.35. The summed E-state index contributed by atoms with van der Waals surface area (Å²) in [5, 5.41) is 0. The number of benzene rings is 2. The van der Waals surface area contributed by atoms with Crippen molar-refractivity contribution >= 4 is 23.9 Å². The molecular formula is C22H20FNO5. The fraction of sp³-hybridized carbons (Fsp3) is 0.227. The molecule has 3 rings (SSSR count). The van der Waals surface area contributed by atoms with Crippen molar-refractivity contribution in [3.05, 3.63) is 77.1 Å². The smallest absolute Gasteiger partial charge is 0.331 e. The van der Waals surface area contributed by atoms with E-state index in [0.29, 0.717) is 12.0 Å². The van der Waals surface area contributed by atoms with E-state index in [1.165, 1.54) is 36.3 Å². The Labute approximate surface area is 167 Å². The number of amides is 1. The zero-order valence-corrected chi connectivity index (χ0v) is 15.8. The van der Waals surface area contributed by atoms with Gasteiger partial charge in [0.05, 0.1) is 7.11 Å². The van der Waals surface area contributed by atoms with Crippen LogP contribution in [0, 0.1) is 5.82 Å². The predicted octanol–water partition coefficient (Wildman–Crippen LogP) is 2.51. The highest BCUT2D eigenvalue weighted by Crippen LogP contribution is 2.24. The Kier molecular flexibility index (Phi) is 6.39. The van der Waals surface area contributed by atoms with Gasteiger partial charge in [0.15, 0.2) is 6.61 Å². The van der Waals surface area contributed by atoms with E-state index in [1.807, 2.05) is 24.3 Å². The monoisotopic (exact) mass is 397 g/mol. The number of esters is 2. The summed E-state index contributed by atoms with van der Waals surface area (Å²) in [5.41, 5.74) is 2.40. The fourth-order valence-electron chi connectivity index (χ4n) is 3.17. The molecule has 0 unspecified atom stereocenters. The van der Waals surface area contributed by atoms with Crippen molar-refractivity contribution in [1.29, 1.82) is 0 Å². The van der Waals surface area contributed by atoms with Crippen molar-refractivity contribution in [1.82, 2.24) is 4.90 Å². The first-order valence-electron chi connectivity index (χ1n) is 9.02. The number of nitrogens with zero attached hydrogens (tertiary/aromatic N) is 1. The molecule has 1 atom stereocenters. The molecule has 0 saturated carbocycles. The molecule has 6 nitrogen and oxygen atoms in total. The van der Waals surface area contributed by atoms with Crippen LogP contribution in [0.4, 0.5) is 4.39 Å². The summed E-state index contributed by atoms with van der Waals surface area (Å²) >= 11 is 0. The first kappa shape index (κ1) is 20.3. The van der Waals surface area contributed by atoms with Gasteiger partial charge in [-0.3, -0.25) is 4.79 Å². The molecule has 0 N–H and O–H groups in total. The van der Waals surface area contributed by atoms with Gasteiger partial charge in [-0.2, -0.15) is 0 Å². The molecule has 1 heterocycles. The molecule has 0 aromatic heterocycles. The molecular weight excluding hydrogens is 377 g/mol. The number of ether oxygens (including phenoxy) is 2. The second kappa shape index (κ2) is 9.14. The van der Waals surface area contributed by atoms with E-state index in [1.54, 1.807) is 6.07 Å². The molecule has 0 spiro atoms. The average Bonchev–Trinajstić information content (AvgIpc) is 2.74. The normalized spacial score (nSPS) is 15.7. The minimum atomic E-state index is -0.774. The fourth-order valence-corrected chi connectivity index (χ4v) is 3.17. The molecule has 0 bridgehead atoms. The summed E-state index contributed by atoms with van der Waals surface area (Å²) < 4.78 is 23.0. The van der Waals surface area contributed by atoms with E-state index < -0.39 is 36.3 Å². The van der Waals surface area contributed by atoms with Crippen LogP contribution in [0.2, 0.25) is 0 Å². The zero-order valence-electron chi connectivity index (χ0n) is 15.8. The molecule has 0 aliphatic carbocycles. The molecule has 2 aromatic rings. The quantitative estimate of drug-likeness (QED) is 0.573. The molecule has 29 heavy (non-hydrogen) atoms. The Morgan fingerprint density at radius 3 is 2.62 bits per heavy atom. The predicted molar refractivity (Wildman–Crippen MR) is 103 cm³/mol. The van der Waals surface area contributed by atoms with Gasteiger partial charge in [-0.05, 0) is 34.9 Å². The van der Waals surface area contributed by atoms with Crippen LogP contribution < -0.4 is 0 Å². The number of methoxy groups -OCH3 is 1. The number of rotatable bonds is 5. The third kappa shape index (κ3) is 5.07. The van der Waals surface area contributed by atoms with Crippen molar-refractivity contribution in [2.45, 2.75) is 19.0 Å². The number of hydrogen-bond donors (Lipinski definition) is 0. The van der Waals surface area contributed by atoms with Crippen LogP contribution in [-0.4, -0.2) is 42.5 Å². The molecule has 0 saturated heterocycles. The van der Waals surface area contributed by atoms with Gasteiger partial charge in [-0.1, -0.05) is 36.4 Å². The van der Waals surface area contributed by atoms with Crippen LogP contribution in [0.3, 0.4) is 0 Å². The second-order valence-electron chi connectivity index (χ2n) is 6.53. The van der Waals surface area contributed by atoms with E-state index in [2.05, 4.69) is 0 Å². The van der Waals surface area contributed by atoms with E-state index in [0.717, 1.165) is 17.2 Å². The lowest BCUT2D eigenvalue weighted by Crippen LogP contribution is -2.50. The van der Waals surface area contributed by atoms with Crippen LogP contribution in [0.15, 0.2) is 54.6 Å². The molecule has 7 heteroatoms. The Hall–Kier alpha value is -3.48. The van der Waals surface area contributed by atoms with Crippen molar-refractivity contribution in [3.63, 3.8) is 0 Å². The largest absolute Gasteiger partial charge is 0.467 e. The lowest BCUT2D eigenvalue weighted by molar-refractivity contribution is -0.158. The SMILES string of the molecule is COC(=O)[C@@H]1Cc2ccccc2CN1C(=O)COC(=O)/C=C/c1cccc(F)c1. The molecule has 1 amide bonds. The van der Waals surface area contributed by atoms with Gasteiger partial charge in [0.25, 0.3) is 5.91 Å². The van der Waals surface area contributed by atoms with Gasteiger partial charge >= 0.3 is 11.9 Å². The van der Waals surface area contributed by atoms with E-state index in [-0.39, 0.29) is 6.54 Å². The Morgan fingerprint density at radius 2 is 1.90 bits per heavy atom. The molecule has 1 aliphatic rings. The van der Waals surface area contributed by atoms with Crippen LogP contribution in [0.1, 0.15) is 16.7 Å². The number of fused-ring (bicyclic) bond motifs is 1. The van der Waals surface area contributed by atoms with Gasteiger partial charge in [-0.15, -0.1) is 0 Å². The van der Waals surface area contributed by atoms with Crippen molar-refractivity contribution in [2.24, 2.45) is 0 Å². The number of halogens is 1. The van der Waals surface area contributed by atoms with Crippen LogP contribution in [-0.2, 0) is 36.8 Å². The molecule has 150 valence electrons. The minimum Gasteiger partial charge on any atom is -0.467 e. The van der Waals surface area contributed by atoms with Crippen molar-refractivity contribution in [2.75, 3.05) is 13.7 Å². The molecule has 2 aromatic carbocycles. The van der Waals surface area contributed by atoms with E-state index in [9.17, 15) is 18.8 Å². The summed E-state index contributed by atoms with van der Waals surface area (Å²) in [4.78, 5) is 38.0. The van der Waals surface area contributed by atoms with Gasteiger partial charge in [0.2, 0.25) is 0 Å². The third-order valence-corrected chi connectivity index (χ3v) is 4.64. The Balaban J connectivity index is 1.63. The third-order valence-electron chi connectivity index (χ3n) is 4.64. The summed E-state index contributed by atoms with van der Waals surface area (Å²) in [6, 6.07) is 12.5. The van der Waals surface area contributed by atoms with Gasteiger partial charge in [-0.25, -0.2) is 14.0 Å². The highest BCUT2D eigenvalue weighted by Gasteiger charge is 2.35. The van der Waals surface area contributed by atoms with Gasteiger partial charge in [0, 0.05) is 19.0 Å². The number of carbonyl (C=O) groups is 3. The Morgan fingerprint density at radius 1 is 1.14 bits per heavy atom. The first-order valence-corrected chi connectivity index (χ1v) is 9.02. The number of hydrogen-bond acceptors (Lipinski definition) is 5. The topological polar surface area (TPSA) is 72.9 Å². The zero-order chi connectivity index (χ0) is 20.8. The van der Waals surface area contributed by atoms with Gasteiger partial charge < -0.3 is 14.4 Å². The molecule has 0 radical (unpaired) electrons. The maximum Gasteiger partial charge on any atom is 0.331 e. The summed E-state index contributed by atoms with van der Waals surface area (Å²) in [6.07, 6.45) is 2.84. The van der Waals surface area contributed by atoms with E-state index in [4.69, 9.17) is 9.47 Å². The minimum absolute atomic E-state index is 0.228. The van der Waals surface area contributed by atoms with Crippen molar-refractivity contribution < 1.29 is 28.2 Å². The van der Waals surface area contributed by atoms with Crippen LogP contribution in [0.5, 0.6) is 0 Å². The summed E-state index contributed by atoms with van der Waals surface area (Å²) in [5.74, 6) is -2.18. The lowest BCUT2D eigenvalue weighted by atomic mass is 9.94. The summed E-state index contributed by atoms with van der Waals surface area (Å²) in [7, 11) is 1.27. The first-order chi connectivity index (χ1) is 14.0. The number of carbonyl (C=O) groups excluding carboxylic acids is 3.